The number of rotatable bonds is 2. The predicted molar refractivity (Wildman–Crippen MR) is 73.2 cm³/mol. The molecular weight excluding hydrogens is 280 g/mol. The number of hydrogen-bond donors (Lipinski definition) is 2. The molecule has 0 spiro atoms. The first-order chi connectivity index (χ1) is 10.1. The number of anilines is 1. The van der Waals surface area contributed by atoms with Crippen LogP contribution in [-0.4, -0.2) is 46.3 Å². The molecular formula is C13H19F2N5O. The number of carbonyl (C=O) groups is 1. The molecule has 0 aromatic carbocycles. The van der Waals surface area contributed by atoms with E-state index in [9.17, 15) is 13.6 Å². The number of aromatic nitrogens is 2. The van der Waals surface area contributed by atoms with Gasteiger partial charge in [-0.15, -0.1) is 0 Å². The van der Waals surface area contributed by atoms with Gasteiger partial charge in [0.05, 0.1) is 6.20 Å². The minimum Gasteiger partial charge on any atom is -0.367 e. The van der Waals surface area contributed by atoms with E-state index < -0.39 is 12.5 Å². The molecule has 2 aliphatic heterocycles. The average Bonchev–Trinajstić information content (AvgIpc) is 2.90. The summed E-state index contributed by atoms with van der Waals surface area (Å²) in [5.74, 6) is 0.182. The number of nitrogens with one attached hydrogen (secondary N) is 2. The van der Waals surface area contributed by atoms with Gasteiger partial charge in [0.2, 0.25) is 0 Å². The van der Waals surface area contributed by atoms with Crippen molar-refractivity contribution in [2.45, 2.75) is 44.7 Å². The lowest BCUT2D eigenvalue weighted by molar-refractivity contribution is 0.0602. The van der Waals surface area contributed by atoms with Gasteiger partial charge in [-0.25, -0.2) is 18.9 Å². The summed E-state index contributed by atoms with van der Waals surface area (Å²) in [5, 5.41) is 8.66. The molecule has 2 atom stereocenters. The van der Waals surface area contributed by atoms with Gasteiger partial charge in [-0.1, -0.05) is 0 Å². The molecule has 3 heterocycles. The Bertz CT molecular complexity index is 527. The average molecular weight is 299 g/mol. The van der Waals surface area contributed by atoms with Crippen molar-refractivity contribution in [3.63, 3.8) is 0 Å². The Morgan fingerprint density at radius 2 is 2.29 bits per heavy atom. The van der Waals surface area contributed by atoms with Crippen LogP contribution in [0.15, 0.2) is 6.20 Å². The highest BCUT2D eigenvalue weighted by Crippen LogP contribution is 2.33. The number of amides is 1. The molecule has 1 saturated heterocycles. The van der Waals surface area contributed by atoms with Crippen LogP contribution in [0.4, 0.5) is 14.6 Å². The van der Waals surface area contributed by atoms with Gasteiger partial charge in [0.1, 0.15) is 17.4 Å². The van der Waals surface area contributed by atoms with Gasteiger partial charge < -0.3 is 5.32 Å². The maximum atomic E-state index is 13.1. The molecule has 116 valence electrons. The van der Waals surface area contributed by atoms with Crippen LogP contribution < -0.4 is 10.7 Å². The predicted octanol–water partition coefficient (Wildman–Crippen LogP) is 1.63. The summed E-state index contributed by atoms with van der Waals surface area (Å²) in [6.07, 6.45) is 1.14. The first kappa shape index (κ1) is 14.2. The maximum Gasteiger partial charge on any atom is 0.273 e. The number of hydrogen-bond acceptors (Lipinski definition) is 4. The summed E-state index contributed by atoms with van der Waals surface area (Å²) >= 11 is 0. The SMILES string of the molecule is C[C@@H]1C[C@H](C(F)F)n2ncc(C(=O)N3CCCCN3)c2N1. The second-order valence-electron chi connectivity index (χ2n) is 5.61. The Balaban J connectivity index is 1.89. The highest BCUT2D eigenvalue weighted by molar-refractivity contribution is 5.98. The third-order valence-corrected chi connectivity index (χ3v) is 3.97. The lowest BCUT2D eigenvalue weighted by Gasteiger charge is -2.31. The third kappa shape index (κ3) is 2.59. The highest BCUT2D eigenvalue weighted by Gasteiger charge is 2.35. The molecule has 1 fully saturated rings. The van der Waals surface area contributed by atoms with E-state index in [4.69, 9.17) is 0 Å². The zero-order valence-electron chi connectivity index (χ0n) is 11.9. The number of fused-ring (bicyclic) bond motifs is 1. The molecule has 8 heteroatoms. The summed E-state index contributed by atoms with van der Waals surface area (Å²) in [6, 6.07) is -1.10. The Labute approximate surface area is 121 Å². The van der Waals surface area contributed by atoms with Gasteiger partial charge in [-0.05, 0) is 26.2 Å². The van der Waals surface area contributed by atoms with Gasteiger partial charge in [0, 0.05) is 19.1 Å². The molecule has 1 amide bonds. The van der Waals surface area contributed by atoms with E-state index in [1.54, 1.807) is 5.01 Å². The van der Waals surface area contributed by atoms with Crippen LogP contribution in [0.2, 0.25) is 0 Å². The van der Waals surface area contributed by atoms with Crippen molar-refractivity contribution in [1.82, 2.24) is 20.2 Å². The van der Waals surface area contributed by atoms with Crippen molar-refractivity contribution in [3.8, 4) is 0 Å². The van der Waals surface area contributed by atoms with E-state index in [1.165, 1.54) is 10.9 Å². The Hall–Kier alpha value is -1.70. The van der Waals surface area contributed by atoms with Crippen molar-refractivity contribution in [2.24, 2.45) is 0 Å². The van der Waals surface area contributed by atoms with Gasteiger partial charge >= 0.3 is 0 Å². The Morgan fingerprint density at radius 3 is 2.95 bits per heavy atom. The highest BCUT2D eigenvalue weighted by atomic mass is 19.3. The molecule has 0 unspecified atom stereocenters. The fourth-order valence-corrected chi connectivity index (χ4v) is 2.88. The largest absolute Gasteiger partial charge is 0.367 e. The van der Waals surface area contributed by atoms with Crippen molar-refractivity contribution >= 4 is 11.7 Å². The van der Waals surface area contributed by atoms with Crippen molar-refractivity contribution in [3.05, 3.63) is 11.8 Å². The molecule has 1 aromatic rings. The van der Waals surface area contributed by atoms with E-state index >= 15 is 0 Å². The van der Waals surface area contributed by atoms with E-state index in [0.717, 1.165) is 19.4 Å². The maximum absolute atomic E-state index is 13.1. The normalized spacial score (nSPS) is 25.6. The number of carbonyl (C=O) groups excluding carboxylic acids is 1. The van der Waals surface area contributed by atoms with Crippen LogP contribution >= 0.6 is 0 Å². The quantitative estimate of drug-likeness (QED) is 0.871. The molecule has 0 bridgehead atoms. The molecule has 0 aliphatic carbocycles. The summed E-state index contributed by atoms with van der Waals surface area (Å²) in [5.41, 5.74) is 3.38. The van der Waals surface area contributed by atoms with Crippen LogP contribution in [0, 0.1) is 0 Å². The van der Waals surface area contributed by atoms with E-state index in [-0.39, 0.29) is 11.9 Å². The summed E-state index contributed by atoms with van der Waals surface area (Å²) in [4.78, 5) is 12.5. The fraction of sp³-hybridized carbons (Fsp3) is 0.692. The van der Waals surface area contributed by atoms with Gasteiger partial charge in [-0.2, -0.15) is 5.10 Å². The van der Waals surface area contributed by atoms with Crippen molar-refractivity contribution in [2.75, 3.05) is 18.4 Å². The Kier molecular flexibility index (Phi) is 3.79. The van der Waals surface area contributed by atoms with Crippen LogP contribution in [0.3, 0.4) is 0 Å². The van der Waals surface area contributed by atoms with Crippen LogP contribution in [-0.2, 0) is 0 Å². The van der Waals surface area contributed by atoms with Crippen molar-refractivity contribution < 1.29 is 13.6 Å². The van der Waals surface area contributed by atoms with Crippen molar-refractivity contribution in [1.29, 1.82) is 0 Å². The molecule has 6 nitrogen and oxygen atoms in total. The standard InChI is InChI=1S/C13H19F2N5O/c1-8-6-10(11(14)15)20-12(18-8)9(7-17-20)13(21)19-5-3-2-4-16-19/h7-8,10-11,16,18H,2-6H2,1H3/t8-,10-/m1/s1. The minimum atomic E-state index is -2.50. The fourth-order valence-electron chi connectivity index (χ4n) is 2.88. The first-order valence-electron chi connectivity index (χ1n) is 7.25. The van der Waals surface area contributed by atoms with Crippen LogP contribution in [0.25, 0.3) is 0 Å². The zero-order chi connectivity index (χ0) is 15.0. The van der Waals surface area contributed by atoms with Crippen LogP contribution in [0.5, 0.6) is 0 Å². The number of nitrogens with zero attached hydrogens (tertiary/aromatic N) is 3. The van der Waals surface area contributed by atoms with Crippen LogP contribution in [0.1, 0.15) is 42.6 Å². The minimum absolute atomic E-state index is 0.117. The van der Waals surface area contributed by atoms with Gasteiger partial charge in [0.25, 0.3) is 12.3 Å². The molecule has 0 saturated carbocycles. The molecule has 0 radical (unpaired) electrons. The number of hydrazine groups is 1. The first-order valence-corrected chi connectivity index (χ1v) is 7.25. The van der Waals surface area contributed by atoms with Gasteiger partial charge in [0.15, 0.2) is 0 Å². The molecule has 2 N–H and O–H groups in total. The lowest BCUT2D eigenvalue weighted by atomic mass is 10.1. The lowest BCUT2D eigenvalue weighted by Crippen LogP contribution is -2.47. The zero-order valence-corrected chi connectivity index (χ0v) is 11.9. The summed E-state index contributed by atoms with van der Waals surface area (Å²) in [7, 11) is 0. The third-order valence-electron chi connectivity index (χ3n) is 3.97. The van der Waals surface area contributed by atoms with Gasteiger partial charge in [-0.3, -0.25) is 9.80 Å². The second-order valence-corrected chi connectivity index (χ2v) is 5.61. The monoisotopic (exact) mass is 299 g/mol. The molecule has 3 rings (SSSR count). The van der Waals surface area contributed by atoms with E-state index in [2.05, 4.69) is 15.8 Å². The topological polar surface area (TPSA) is 62.2 Å². The molecule has 1 aromatic heterocycles. The van der Waals surface area contributed by atoms with E-state index in [1.807, 2.05) is 6.92 Å². The Morgan fingerprint density at radius 1 is 1.48 bits per heavy atom. The summed E-state index contributed by atoms with van der Waals surface area (Å²) < 4.78 is 27.5. The molecule has 21 heavy (non-hydrogen) atoms. The number of alkyl halides is 2. The summed E-state index contributed by atoms with van der Waals surface area (Å²) in [6.45, 7) is 3.20. The second kappa shape index (κ2) is 5.59. The smallest absolute Gasteiger partial charge is 0.273 e. The molecule has 2 aliphatic rings. The van der Waals surface area contributed by atoms with E-state index in [0.29, 0.717) is 24.3 Å². The number of halogens is 2.